The minimum absolute atomic E-state index is 0.289. The highest BCUT2D eigenvalue weighted by Crippen LogP contribution is 2.48. The normalized spacial score (nSPS) is 36.8. The minimum atomic E-state index is -0.334. The molecule has 4 unspecified atom stereocenters. The van der Waals surface area contributed by atoms with Crippen molar-refractivity contribution in [2.45, 2.75) is 57.7 Å². The molecule has 0 aromatic rings. The second kappa shape index (κ2) is 5.43. The summed E-state index contributed by atoms with van der Waals surface area (Å²) in [5.41, 5.74) is -0.334. The van der Waals surface area contributed by atoms with E-state index < -0.39 is 0 Å². The first-order chi connectivity index (χ1) is 8.64. The second-order valence-corrected chi connectivity index (χ2v) is 5.61. The Kier molecular flexibility index (Phi) is 4.10. The lowest BCUT2D eigenvalue weighted by atomic mass is 9.66. The molecule has 3 nitrogen and oxygen atoms in total. The third-order valence-electron chi connectivity index (χ3n) is 4.67. The van der Waals surface area contributed by atoms with Gasteiger partial charge in [-0.15, -0.1) is 0 Å². The van der Waals surface area contributed by atoms with Crippen LogP contribution >= 0.6 is 0 Å². The zero-order valence-electron chi connectivity index (χ0n) is 11.5. The largest absolute Gasteiger partial charge is 0.455 e. The number of carbonyl (C=O) groups excluding carboxylic acids is 1. The Balaban J connectivity index is 2.24. The molecule has 3 heteroatoms. The lowest BCUT2D eigenvalue weighted by molar-refractivity contribution is -0.177. The van der Waals surface area contributed by atoms with E-state index in [2.05, 4.69) is 20.4 Å². The summed E-state index contributed by atoms with van der Waals surface area (Å²) in [4.78, 5) is 11.7. The molecule has 0 N–H and O–H groups in total. The van der Waals surface area contributed by atoms with E-state index >= 15 is 0 Å². The van der Waals surface area contributed by atoms with E-state index in [0.29, 0.717) is 17.9 Å². The molecule has 0 aromatic carbocycles. The predicted molar refractivity (Wildman–Crippen MR) is 70.2 cm³/mol. The molecule has 1 aliphatic carbocycles. The van der Waals surface area contributed by atoms with Crippen molar-refractivity contribution in [3.8, 4) is 0 Å². The molecule has 1 saturated heterocycles. The fourth-order valence-electron chi connectivity index (χ4n) is 3.40. The van der Waals surface area contributed by atoms with Crippen LogP contribution in [0, 0.1) is 11.8 Å². The van der Waals surface area contributed by atoms with Gasteiger partial charge in [0, 0.05) is 12.0 Å². The van der Waals surface area contributed by atoms with Gasteiger partial charge in [-0.1, -0.05) is 26.8 Å². The summed E-state index contributed by atoms with van der Waals surface area (Å²) in [7, 11) is 0. The van der Waals surface area contributed by atoms with Gasteiger partial charge in [-0.2, -0.15) is 0 Å². The van der Waals surface area contributed by atoms with Crippen molar-refractivity contribution in [1.29, 1.82) is 0 Å². The van der Waals surface area contributed by atoms with Gasteiger partial charge in [-0.05, 0) is 31.6 Å². The minimum Gasteiger partial charge on any atom is -0.455 e. The molecule has 102 valence electrons. The van der Waals surface area contributed by atoms with Gasteiger partial charge in [-0.25, -0.2) is 4.79 Å². The van der Waals surface area contributed by atoms with Gasteiger partial charge in [0.05, 0.1) is 12.7 Å². The van der Waals surface area contributed by atoms with Crippen LogP contribution in [0.15, 0.2) is 12.7 Å². The topological polar surface area (TPSA) is 38.8 Å². The highest BCUT2D eigenvalue weighted by atomic mass is 16.6. The lowest BCUT2D eigenvalue weighted by Gasteiger charge is -2.46. The van der Waals surface area contributed by atoms with E-state index in [1.165, 1.54) is 12.5 Å². The van der Waals surface area contributed by atoms with Crippen molar-refractivity contribution in [2.75, 3.05) is 6.61 Å². The Labute approximate surface area is 110 Å². The average Bonchev–Trinajstić information content (AvgIpc) is 3.22. The van der Waals surface area contributed by atoms with Gasteiger partial charge < -0.3 is 9.47 Å². The fourth-order valence-corrected chi connectivity index (χ4v) is 3.40. The number of esters is 1. The molecule has 0 bridgehead atoms. The first-order valence-electron chi connectivity index (χ1n) is 7.11. The van der Waals surface area contributed by atoms with Crippen molar-refractivity contribution in [3.05, 3.63) is 12.7 Å². The first kappa shape index (κ1) is 13.6. The van der Waals surface area contributed by atoms with E-state index in [-0.39, 0.29) is 11.6 Å². The SMILES string of the molecule is C=CC(=O)OC1(C(C)CC)CCCCC1C1CO1. The Bertz CT molecular complexity index is 322. The smallest absolute Gasteiger partial charge is 0.330 e. The van der Waals surface area contributed by atoms with Crippen LogP contribution in [-0.2, 0) is 14.3 Å². The molecule has 0 aromatic heterocycles. The second-order valence-electron chi connectivity index (χ2n) is 5.61. The van der Waals surface area contributed by atoms with Gasteiger partial charge in [-0.3, -0.25) is 0 Å². The maximum absolute atomic E-state index is 11.7. The van der Waals surface area contributed by atoms with Crippen molar-refractivity contribution in [3.63, 3.8) is 0 Å². The molecule has 1 heterocycles. The summed E-state index contributed by atoms with van der Waals surface area (Å²) >= 11 is 0. The van der Waals surface area contributed by atoms with E-state index in [1.54, 1.807) is 0 Å². The molecule has 1 aliphatic heterocycles. The van der Waals surface area contributed by atoms with Gasteiger partial charge in [0.15, 0.2) is 0 Å². The molecule has 18 heavy (non-hydrogen) atoms. The van der Waals surface area contributed by atoms with Gasteiger partial charge >= 0.3 is 5.97 Å². The molecule has 2 fully saturated rings. The molecular formula is C15H24O3. The zero-order chi connectivity index (χ0) is 13.2. The summed E-state index contributed by atoms with van der Waals surface area (Å²) < 4.78 is 11.4. The molecule has 4 atom stereocenters. The van der Waals surface area contributed by atoms with Crippen LogP contribution in [-0.4, -0.2) is 24.3 Å². The quantitative estimate of drug-likeness (QED) is 0.429. The molecular weight excluding hydrogens is 228 g/mol. The van der Waals surface area contributed by atoms with Crippen molar-refractivity contribution < 1.29 is 14.3 Å². The van der Waals surface area contributed by atoms with Crippen LogP contribution in [0.3, 0.4) is 0 Å². The number of rotatable bonds is 5. The monoisotopic (exact) mass is 252 g/mol. The van der Waals surface area contributed by atoms with Crippen LogP contribution in [0.5, 0.6) is 0 Å². The van der Waals surface area contributed by atoms with Crippen LogP contribution in [0.25, 0.3) is 0 Å². The van der Waals surface area contributed by atoms with E-state index in [0.717, 1.165) is 32.3 Å². The van der Waals surface area contributed by atoms with Gasteiger partial charge in [0.1, 0.15) is 5.60 Å². The standard InChI is InChI=1S/C15H24O3/c1-4-11(3)15(18-14(16)5-2)9-7-6-8-12(15)13-10-17-13/h5,11-13H,2,4,6-10H2,1,3H3. The van der Waals surface area contributed by atoms with Gasteiger partial charge in [0.2, 0.25) is 0 Å². The lowest BCUT2D eigenvalue weighted by Crippen LogP contribution is -2.51. The molecule has 1 saturated carbocycles. The van der Waals surface area contributed by atoms with Crippen LogP contribution in [0.2, 0.25) is 0 Å². The summed E-state index contributed by atoms with van der Waals surface area (Å²) in [5.74, 6) is 0.448. The number of epoxide rings is 1. The highest BCUT2D eigenvalue weighted by molar-refractivity contribution is 5.81. The summed E-state index contributed by atoms with van der Waals surface area (Å²) in [6, 6.07) is 0. The average molecular weight is 252 g/mol. The van der Waals surface area contributed by atoms with Crippen LogP contribution in [0.1, 0.15) is 46.0 Å². The predicted octanol–water partition coefficient (Wildman–Crippen LogP) is 3.09. The first-order valence-corrected chi connectivity index (χ1v) is 7.11. The maximum atomic E-state index is 11.7. The Morgan fingerprint density at radius 1 is 1.61 bits per heavy atom. The Morgan fingerprint density at radius 3 is 2.89 bits per heavy atom. The molecule has 0 spiro atoms. The Hall–Kier alpha value is -0.830. The summed E-state index contributed by atoms with van der Waals surface area (Å²) in [6.07, 6.45) is 7.03. The molecule has 0 radical (unpaired) electrons. The van der Waals surface area contributed by atoms with Crippen LogP contribution < -0.4 is 0 Å². The summed E-state index contributed by atoms with van der Waals surface area (Å²) in [5, 5.41) is 0. The molecule has 2 aliphatic rings. The summed E-state index contributed by atoms with van der Waals surface area (Å²) in [6.45, 7) is 8.70. The van der Waals surface area contributed by atoms with E-state index in [1.807, 2.05) is 0 Å². The van der Waals surface area contributed by atoms with Crippen molar-refractivity contribution in [2.24, 2.45) is 11.8 Å². The third-order valence-corrected chi connectivity index (χ3v) is 4.67. The number of carbonyl (C=O) groups is 1. The fraction of sp³-hybridized carbons (Fsp3) is 0.800. The van der Waals surface area contributed by atoms with Crippen molar-refractivity contribution in [1.82, 2.24) is 0 Å². The zero-order valence-corrected chi connectivity index (χ0v) is 11.5. The van der Waals surface area contributed by atoms with E-state index in [9.17, 15) is 4.79 Å². The van der Waals surface area contributed by atoms with Crippen molar-refractivity contribution >= 4 is 5.97 Å². The Morgan fingerprint density at radius 2 is 2.33 bits per heavy atom. The van der Waals surface area contributed by atoms with E-state index in [4.69, 9.17) is 9.47 Å². The highest BCUT2D eigenvalue weighted by Gasteiger charge is 2.53. The van der Waals surface area contributed by atoms with Crippen LogP contribution in [0.4, 0.5) is 0 Å². The maximum Gasteiger partial charge on any atom is 0.330 e. The number of hydrogen-bond donors (Lipinski definition) is 0. The molecule has 2 rings (SSSR count). The molecule has 0 amide bonds. The van der Waals surface area contributed by atoms with Gasteiger partial charge in [0.25, 0.3) is 0 Å². The number of ether oxygens (including phenoxy) is 2. The third kappa shape index (κ3) is 2.46. The number of hydrogen-bond acceptors (Lipinski definition) is 3.